The largest absolute Gasteiger partial charge is 0.497 e. The van der Waals surface area contributed by atoms with E-state index in [0.717, 1.165) is 18.0 Å². The first kappa shape index (κ1) is 16.3. The summed E-state index contributed by atoms with van der Waals surface area (Å²) in [6, 6.07) is 7.53. The molecular formula is C15H20N4O2S. The van der Waals surface area contributed by atoms with E-state index in [4.69, 9.17) is 4.74 Å². The maximum atomic E-state index is 11.9. The Morgan fingerprint density at radius 3 is 2.68 bits per heavy atom. The molecule has 0 aliphatic rings. The molecule has 0 saturated carbocycles. The minimum atomic E-state index is -0.152. The number of amides is 1. The molecule has 0 unspecified atom stereocenters. The molecule has 22 heavy (non-hydrogen) atoms. The van der Waals surface area contributed by atoms with Crippen molar-refractivity contribution in [3.63, 3.8) is 0 Å². The van der Waals surface area contributed by atoms with E-state index in [0.29, 0.717) is 17.4 Å². The maximum absolute atomic E-state index is 11.9. The Morgan fingerprint density at radius 2 is 2.05 bits per heavy atom. The number of aromatic nitrogens is 1. The van der Waals surface area contributed by atoms with Gasteiger partial charge in [-0.1, -0.05) is 0 Å². The number of carbonyl (C=O) groups excluding carboxylic acids is 1. The summed E-state index contributed by atoms with van der Waals surface area (Å²) in [6.07, 6.45) is 0. The van der Waals surface area contributed by atoms with E-state index in [9.17, 15) is 4.79 Å². The molecule has 2 aromatic rings. The van der Waals surface area contributed by atoms with Gasteiger partial charge in [0.1, 0.15) is 11.4 Å². The van der Waals surface area contributed by atoms with Crippen LogP contribution in [0.1, 0.15) is 10.5 Å². The Bertz CT molecular complexity index is 610. The maximum Gasteiger partial charge on any atom is 0.270 e. The fourth-order valence-electron chi connectivity index (χ4n) is 1.72. The van der Waals surface area contributed by atoms with Crippen molar-refractivity contribution in [2.24, 2.45) is 0 Å². The summed E-state index contributed by atoms with van der Waals surface area (Å²) < 4.78 is 5.11. The number of rotatable bonds is 7. The molecule has 6 nitrogen and oxygen atoms in total. The summed E-state index contributed by atoms with van der Waals surface area (Å²) in [5.74, 6) is 0.645. The third kappa shape index (κ3) is 4.71. The van der Waals surface area contributed by atoms with Crippen LogP contribution in [0.3, 0.4) is 0 Å². The quantitative estimate of drug-likeness (QED) is 0.818. The highest BCUT2D eigenvalue weighted by Crippen LogP contribution is 2.22. The first-order valence-electron chi connectivity index (χ1n) is 6.88. The van der Waals surface area contributed by atoms with Gasteiger partial charge in [0.15, 0.2) is 5.13 Å². The Balaban J connectivity index is 1.91. The second-order valence-electron chi connectivity index (χ2n) is 4.95. The molecule has 118 valence electrons. The van der Waals surface area contributed by atoms with Gasteiger partial charge < -0.3 is 20.3 Å². The van der Waals surface area contributed by atoms with Crippen LogP contribution < -0.4 is 15.4 Å². The summed E-state index contributed by atoms with van der Waals surface area (Å²) in [4.78, 5) is 18.3. The highest BCUT2D eigenvalue weighted by atomic mass is 32.1. The van der Waals surface area contributed by atoms with Gasteiger partial charge in [-0.15, -0.1) is 11.3 Å². The zero-order valence-corrected chi connectivity index (χ0v) is 13.7. The van der Waals surface area contributed by atoms with E-state index in [1.54, 1.807) is 12.5 Å². The number of hydrogen-bond donors (Lipinski definition) is 2. The first-order chi connectivity index (χ1) is 10.6. The zero-order valence-electron chi connectivity index (χ0n) is 12.9. The van der Waals surface area contributed by atoms with Gasteiger partial charge in [-0.25, -0.2) is 4.98 Å². The van der Waals surface area contributed by atoms with Crippen molar-refractivity contribution in [2.45, 2.75) is 0 Å². The van der Waals surface area contributed by atoms with Crippen LogP contribution in [0.5, 0.6) is 5.75 Å². The molecule has 1 amide bonds. The number of likely N-dealkylation sites (N-methyl/N-ethyl adjacent to an activating group) is 1. The highest BCUT2D eigenvalue weighted by molar-refractivity contribution is 7.14. The van der Waals surface area contributed by atoms with E-state index < -0.39 is 0 Å². The van der Waals surface area contributed by atoms with Gasteiger partial charge in [-0.05, 0) is 38.4 Å². The minimum absolute atomic E-state index is 0.152. The summed E-state index contributed by atoms with van der Waals surface area (Å²) >= 11 is 1.40. The van der Waals surface area contributed by atoms with Crippen molar-refractivity contribution < 1.29 is 9.53 Å². The lowest BCUT2D eigenvalue weighted by Gasteiger charge is -2.09. The van der Waals surface area contributed by atoms with E-state index >= 15 is 0 Å². The number of hydrogen-bond acceptors (Lipinski definition) is 6. The van der Waals surface area contributed by atoms with Crippen LogP contribution >= 0.6 is 11.3 Å². The molecule has 0 atom stereocenters. The van der Waals surface area contributed by atoms with Gasteiger partial charge in [0.25, 0.3) is 5.91 Å². The molecule has 1 aromatic heterocycles. The van der Waals surface area contributed by atoms with E-state index in [2.05, 4.69) is 15.6 Å². The molecule has 0 bridgehead atoms. The van der Waals surface area contributed by atoms with Gasteiger partial charge in [0.05, 0.1) is 7.11 Å². The summed E-state index contributed by atoms with van der Waals surface area (Å²) in [5, 5.41) is 8.44. The average molecular weight is 320 g/mol. The Hall–Kier alpha value is -2.12. The van der Waals surface area contributed by atoms with Crippen LogP contribution in [-0.2, 0) is 0 Å². The van der Waals surface area contributed by atoms with Crippen LogP contribution in [0, 0.1) is 0 Å². The molecule has 0 aliphatic carbocycles. The van der Waals surface area contributed by atoms with Crippen molar-refractivity contribution in [2.75, 3.05) is 39.6 Å². The second kappa shape index (κ2) is 7.77. The van der Waals surface area contributed by atoms with Crippen molar-refractivity contribution >= 4 is 28.1 Å². The molecule has 2 N–H and O–H groups in total. The molecule has 0 saturated heterocycles. The molecule has 7 heteroatoms. The number of methoxy groups -OCH3 is 1. The third-order valence-electron chi connectivity index (χ3n) is 2.92. The van der Waals surface area contributed by atoms with Crippen LogP contribution in [0.4, 0.5) is 10.8 Å². The average Bonchev–Trinajstić information content (AvgIpc) is 2.96. The predicted molar refractivity (Wildman–Crippen MR) is 89.3 cm³/mol. The topological polar surface area (TPSA) is 66.5 Å². The molecule has 2 rings (SSSR count). The Morgan fingerprint density at radius 1 is 1.32 bits per heavy atom. The predicted octanol–water partition coefficient (Wildman–Crippen LogP) is 2.19. The van der Waals surface area contributed by atoms with Gasteiger partial charge in [0.2, 0.25) is 0 Å². The third-order valence-corrected chi connectivity index (χ3v) is 3.68. The van der Waals surface area contributed by atoms with Crippen LogP contribution in [0.2, 0.25) is 0 Å². The Kier molecular flexibility index (Phi) is 5.74. The van der Waals surface area contributed by atoms with Crippen LogP contribution in [0.25, 0.3) is 0 Å². The number of ether oxygens (including phenoxy) is 1. The van der Waals surface area contributed by atoms with E-state index in [1.165, 1.54) is 11.3 Å². The SMILES string of the molecule is COc1ccc(Nc2nc(C(=O)NCCN(C)C)cs2)cc1. The van der Waals surface area contributed by atoms with Gasteiger partial charge in [0, 0.05) is 24.2 Å². The minimum Gasteiger partial charge on any atom is -0.497 e. The van der Waals surface area contributed by atoms with Crippen LogP contribution in [-0.4, -0.2) is 50.1 Å². The normalized spacial score (nSPS) is 10.5. The lowest BCUT2D eigenvalue weighted by molar-refractivity contribution is 0.0947. The smallest absolute Gasteiger partial charge is 0.270 e. The van der Waals surface area contributed by atoms with E-state index in [-0.39, 0.29) is 5.91 Å². The fraction of sp³-hybridized carbons (Fsp3) is 0.333. The highest BCUT2D eigenvalue weighted by Gasteiger charge is 2.10. The fourth-order valence-corrected chi connectivity index (χ4v) is 2.43. The van der Waals surface area contributed by atoms with Gasteiger partial charge in [-0.2, -0.15) is 0 Å². The number of nitrogens with zero attached hydrogens (tertiary/aromatic N) is 2. The van der Waals surface area contributed by atoms with Crippen molar-refractivity contribution in [3.05, 3.63) is 35.3 Å². The van der Waals surface area contributed by atoms with Crippen molar-refractivity contribution in [1.29, 1.82) is 0 Å². The van der Waals surface area contributed by atoms with Gasteiger partial charge in [-0.3, -0.25) is 4.79 Å². The number of carbonyl (C=O) groups is 1. The van der Waals surface area contributed by atoms with Crippen LogP contribution in [0.15, 0.2) is 29.6 Å². The number of anilines is 2. The lowest BCUT2D eigenvalue weighted by Crippen LogP contribution is -2.31. The number of benzene rings is 1. The molecular weight excluding hydrogens is 300 g/mol. The molecule has 0 fully saturated rings. The molecule has 0 radical (unpaired) electrons. The zero-order chi connectivity index (χ0) is 15.9. The van der Waals surface area contributed by atoms with Gasteiger partial charge >= 0.3 is 0 Å². The first-order valence-corrected chi connectivity index (χ1v) is 7.76. The summed E-state index contributed by atoms with van der Waals surface area (Å²) in [6.45, 7) is 1.40. The summed E-state index contributed by atoms with van der Waals surface area (Å²) in [5.41, 5.74) is 1.33. The monoisotopic (exact) mass is 320 g/mol. The Labute approximate surface area is 134 Å². The number of thiazole rings is 1. The standard InChI is InChI=1S/C15H20N4O2S/c1-19(2)9-8-16-14(20)13-10-22-15(18-13)17-11-4-6-12(21-3)7-5-11/h4-7,10H,8-9H2,1-3H3,(H,16,20)(H,17,18). The summed E-state index contributed by atoms with van der Waals surface area (Å²) in [7, 11) is 5.56. The molecule has 1 aromatic carbocycles. The molecule has 0 aliphatic heterocycles. The van der Waals surface area contributed by atoms with E-state index in [1.807, 2.05) is 43.3 Å². The van der Waals surface area contributed by atoms with Crippen molar-refractivity contribution in [3.8, 4) is 5.75 Å². The molecule has 0 spiro atoms. The molecule has 1 heterocycles. The number of nitrogens with one attached hydrogen (secondary N) is 2. The van der Waals surface area contributed by atoms with Crippen molar-refractivity contribution in [1.82, 2.24) is 15.2 Å². The second-order valence-corrected chi connectivity index (χ2v) is 5.81. The lowest BCUT2D eigenvalue weighted by atomic mass is 10.3.